The molecular weight excluding hydrogens is 384 g/mol. The monoisotopic (exact) mass is 400 g/mol. The molecule has 0 bridgehead atoms. The third-order valence-electron chi connectivity index (χ3n) is 4.01. The number of hydrogen-bond acceptors (Lipinski definition) is 5. The lowest BCUT2D eigenvalue weighted by Crippen LogP contribution is -2.37. The van der Waals surface area contributed by atoms with Crippen molar-refractivity contribution in [2.24, 2.45) is 5.10 Å². The van der Waals surface area contributed by atoms with Crippen molar-refractivity contribution >= 4 is 33.4 Å². The SMILES string of the molecule is CCOC(=O)C1=NN[C@@H](C(=O)c2ccccc2)[C@@H]1c1ccc(Br)cc1. The Labute approximate surface area is 154 Å². The first-order chi connectivity index (χ1) is 12.1. The van der Waals surface area contributed by atoms with Gasteiger partial charge in [0.1, 0.15) is 6.04 Å². The van der Waals surface area contributed by atoms with Gasteiger partial charge < -0.3 is 4.74 Å². The number of carbonyl (C=O) groups is 2. The Hall–Kier alpha value is -2.47. The lowest BCUT2D eigenvalue weighted by Gasteiger charge is -2.20. The molecule has 0 amide bonds. The minimum atomic E-state index is -0.650. The van der Waals surface area contributed by atoms with Crippen LogP contribution in [0, 0.1) is 0 Å². The molecule has 6 heteroatoms. The first kappa shape index (κ1) is 17.4. The zero-order chi connectivity index (χ0) is 17.8. The van der Waals surface area contributed by atoms with Gasteiger partial charge in [0.05, 0.1) is 12.5 Å². The summed E-state index contributed by atoms with van der Waals surface area (Å²) in [4.78, 5) is 25.2. The molecule has 2 atom stereocenters. The molecule has 0 radical (unpaired) electrons. The fourth-order valence-electron chi connectivity index (χ4n) is 2.83. The van der Waals surface area contributed by atoms with Crippen molar-refractivity contribution in [3.8, 4) is 0 Å². The summed E-state index contributed by atoms with van der Waals surface area (Å²) in [6, 6.07) is 15.8. The van der Waals surface area contributed by atoms with E-state index >= 15 is 0 Å². The van der Waals surface area contributed by atoms with Crippen LogP contribution in [0.3, 0.4) is 0 Å². The summed E-state index contributed by atoms with van der Waals surface area (Å²) in [6.45, 7) is 1.99. The molecule has 1 aliphatic rings. The van der Waals surface area contributed by atoms with Crippen LogP contribution in [-0.4, -0.2) is 30.1 Å². The van der Waals surface area contributed by atoms with Crippen LogP contribution in [0.1, 0.15) is 28.8 Å². The predicted molar refractivity (Wildman–Crippen MR) is 98.6 cm³/mol. The van der Waals surface area contributed by atoms with Crippen molar-refractivity contribution in [2.45, 2.75) is 18.9 Å². The van der Waals surface area contributed by atoms with E-state index in [0.717, 1.165) is 10.0 Å². The number of halogens is 1. The topological polar surface area (TPSA) is 67.8 Å². The lowest BCUT2D eigenvalue weighted by atomic mass is 9.84. The molecule has 1 N–H and O–H groups in total. The molecule has 0 spiro atoms. The first-order valence-corrected chi connectivity index (χ1v) is 8.76. The van der Waals surface area contributed by atoms with Gasteiger partial charge >= 0.3 is 5.97 Å². The molecule has 1 aliphatic heterocycles. The molecule has 1 heterocycles. The Morgan fingerprint density at radius 3 is 2.44 bits per heavy atom. The highest BCUT2D eigenvalue weighted by Gasteiger charge is 2.41. The third kappa shape index (κ3) is 3.64. The Bertz CT molecular complexity index is 803. The Balaban J connectivity index is 1.97. The molecule has 25 heavy (non-hydrogen) atoms. The van der Waals surface area contributed by atoms with Crippen molar-refractivity contribution in [2.75, 3.05) is 6.61 Å². The summed E-state index contributed by atoms with van der Waals surface area (Å²) < 4.78 is 6.02. The maximum absolute atomic E-state index is 12.9. The van der Waals surface area contributed by atoms with Gasteiger partial charge in [0.2, 0.25) is 0 Å². The number of nitrogens with one attached hydrogen (secondary N) is 1. The molecule has 0 saturated heterocycles. The number of esters is 1. The van der Waals surface area contributed by atoms with Gasteiger partial charge in [-0.2, -0.15) is 5.10 Å². The number of ketones is 1. The van der Waals surface area contributed by atoms with E-state index in [0.29, 0.717) is 5.56 Å². The molecular formula is C19H17BrN2O3. The fourth-order valence-corrected chi connectivity index (χ4v) is 3.10. The van der Waals surface area contributed by atoms with Crippen LogP contribution in [0.25, 0.3) is 0 Å². The number of Topliss-reactive ketones (excluding diaryl/α,β-unsaturated/α-hetero) is 1. The Kier molecular flexibility index (Phi) is 5.28. The number of rotatable bonds is 5. The van der Waals surface area contributed by atoms with E-state index < -0.39 is 17.9 Å². The number of hydrazone groups is 1. The van der Waals surface area contributed by atoms with Crippen LogP contribution in [-0.2, 0) is 9.53 Å². The van der Waals surface area contributed by atoms with Crippen LogP contribution < -0.4 is 5.43 Å². The molecule has 0 saturated carbocycles. The zero-order valence-electron chi connectivity index (χ0n) is 13.6. The van der Waals surface area contributed by atoms with Gasteiger partial charge in [-0.1, -0.05) is 58.4 Å². The Morgan fingerprint density at radius 2 is 1.80 bits per heavy atom. The van der Waals surface area contributed by atoms with Crippen LogP contribution in [0.4, 0.5) is 0 Å². The maximum atomic E-state index is 12.9. The van der Waals surface area contributed by atoms with Crippen LogP contribution >= 0.6 is 15.9 Å². The van der Waals surface area contributed by atoms with E-state index in [1.54, 1.807) is 19.1 Å². The number of hydrogen-bond donors (Lipinski definition) is 1. The highest BCUT2D eigenvalue weighted by atomic mass is 79.9. The minimum Gasteiger partial charge on any atom is -0.461 e. The van der Waals surface area contributed by atoms with Crippen molar-refractivity contribution in [1.29, 1.82) is 0 Å². The van der Waals surface area contributed by atoms with Gasteiger partial charge in [0.25, 0.3) is 0 Å². The second-order valence-electron chi connectivity index (χ2n) is 5.58. The molecule has 2 aromatic rings. The predicted octanol–water partition coefficient (Wildman–Crippen LogP) is 3.31. The van der Waals surface area contributed by atoms with Crippen LogP contribution in [0.2, 0.25) is 0 Å². The third-order valence-corrected chi connectivity index (χ3v) is 4.54. The molecule has 128 valence electrons. The molecule has 0 unspecified atom stereocenters. The number of ether oxygens (including phenoxy) is 1. The summed E-state index contributed by atoms with van der Waals surface area (Å²) in [6.07, 6.45) is 0. The van der Waals surface area contributed by atoms with Gasteiger partial charge in [-0.3, -0.25) is 10.2 Å². The average molecular weight is 401 g/mol. The summed E-state index contributed by atoms with van der Waals surface area (Å²) in [7, 11) is 0. The van der Waals surface area contributed by atoms with Gasteiger partial charge in [0, 0.05) is 10.0 Å². The number of nitrogens with zero attached hydrogens (tertiary/aromatic N) is 1. The molecule has 0 fully saturated rings. The minimum absolute atomic E-state index is 0.114. The van der Waals surface area contributed by atoms with Crippen molar-refractivity contribution in [1.82, 2.24) is 5.43 Å². The van der Waals surface area contributed by atoms with E-state index in [1.807, 2.05) is 42.5 Å². The second-order valence-corrected chi connectivity index (χ2v) is 6.50. The largest absolute Gasteiger partial charge is 0.461 e. The van der Waals surface area contributed by atoms with Crippen molar-refractivity contribution < 1.29 is 14.3 Å². The normalized spacial score (nSPS) is 19.0. The zero-order valence-corrected chi connectivity index (χ0v) is 15.2. The van der Waals surface area contributed by atoms with Gasteiger partial charge in [-0.05, 0) is 24.6 Å². The summed E-state index contributed by atoms with van der Waals surface area (Å²) in [5.41, 5.74) is 4.45. The van der Waals surface area contributed by atoms with Crippen molar-refractivity contribution in [3.63, 3.8) is 0 Å². The molecule has 0 aromatic heterocycles. The highest BCUT2D eigenvalue weighted by molar-refractivity contribution is 9.10. The van der Waals surface area contributed by atoms with E-state index in [9.17, 15) is 9.59 Å². The molecule has 2 aromatic carbocycles. The smallest absolute Gasteiger partial charge is 0.355 e. The average Bonchev–Trinajstić information content (AvgIpc) is 3.08. The highest BCUT2D eigenvalue weighted by Crippen LogP contribution is 2.29. The van der Waals surface area contributed by atoms with E-state index in [2.05, 4.69) is 26.5 Å². The Morgan fingerprint density at radius 1 is 1.12 bits per heavy atom. The molecule has 0 aliphatic carbocycles. The number of benzene rings is 2. The number of carbonyl (C=O) groups excluding carboxylic acids is 2. The van der Waals surface area contributed by atoms with E-state index in [4.69, 9.17) is 4.74 Å². The van der Waals surface area contributed by atoms with E-state index in [-0.39, 0.29) is 18.1 Å². The quantitative estimate of drug-likeness (QED) is 0.617. The first-order valence-electron chi connectivity index (χ1n) is 7.96. The summed E-state index contributed by atoms with van der Waals surface area (Å²) in [5, 5.41) is 4.12. The van der Waals surface area contributed by atoms with Gasteiger partial charge in [-0.25, -0.2) is 4.79 Å². The summed E-state index contributed by atoms with van der Waals surface area (Å²) in [5.74, 6) is -1.12. The summed E-state index contributed by atoms with van der Waals surface area (Å²) >= 11 is 3.40. The standard InChI is InChI=1S/C19H17BrN2O3/c1-2-25-19(24)17-15(12-8-10-14(20)11-9-12)16(21-22-17)18(23)13-6-4-3-5-7-13/h3-11,15-16,21H,2H2,1H3/t15-,16+/m0/s1. The van der Waals surface area contributed by atoms with Crippen LogP contribution in [0.15, 0.2) is 64.2 Å². The van der Waals surface area contributed by atoms with Gasteiger partial charge in [-0.15, -0.1) is 0 Å². The van der Waals surface area contributed by atoms with Crippen LogP contribution in [0.5, 0.6) is 0 Å². The van der Waals surface area contributed by atoms with Crippen molar-refractivity contribution in [3.05, 3.63) is 70.2 Å². The molecule has 5 nitrogen and oxygen atoms in total. The lowest BCUT2D eigenvalue weighted by molar-refractivity contribution is -0.135. The van der Waals surface area contributed by atoms with E-state index in [1.165, 1.54) is 0 Å². The van der Waals surface area contributed by atoms with Gasteiger partial charge in [0.15, 0.2) is 11.5 Å². The fraction of sp³-hybridized carbons (Fsp3) is 0.211. The second kappa shape index (κ2) is 7.61. The maximum Gasteiger partial charge on any atom is 0.355 e. The molecule has 3 rings (SSSR count).